The summed E-state index contributed by atoms with van der Waals surface area (Å²) in [6.07, 6.45) is 6.21. The Hall–Kier alpha value is -0.790. The second-order valence-electron chi connectivity index (χ2n) is 5.74. The maximum atomic E-state index is 11.6. The molecule has 6 heteroatoms. The average Bonchev–Trinajstić information content (AvgIpc) is 2.42. The van der Waals surface area contributed by atoms with Gasteiger partial charge in [-0.25, -0.2) is 4.99 Å². The predicted octanol–water partition coefficient (Wildman–Crippen LogP) is 2.14. The number of rotatable bonds is 5. The summed E-state index contributed by atoms with van der Waals surface area (Å²) in [5, 5.41) is 6.66. The van der Waals surface area contributed by atoms with E-state index in [1.165, 1.54) is 32.1 Å². The first kappa shape index (κ1) is 20.2. The molecule has 122 valence electrons. The molecule has 0 aromatic heterocycles. The quantitative estimate of drug-likeness (QED) is 0.317. The van der Waals surface area contributed by atoms with Crippen molar-refractivity contribution in [3.8, 4) is 0 Å². The van der Waals surface area contributed by atoms with Gasteiger partial charge in [-0.1, -0.05) is 31.4 Å². The molecule has 0 aromatic carbocycles. The van der Waals surface area contributed by atoms with E-state index in [1.54, 1.807) is 19.0 Å². The van der Waals surface area contributed by atoms with Crippen LogP contribution in [0.1, 0.15) is 39.0 Å². The van der Waals surface area contributed by atoms with Gasteiger partial charge in [0.1, 0.15) is 6.54 Å². The van der Waals surface area contributed by atoms with Crippen LogP contribution in [0.4, 0.5) is 0 Å². The molecule has 1 aliphatic carbocycles. The number of carbonyl (C=O) groups excluding carboxylic acids is 1. The third-order valence-corrected chi connectivity index (χ3v) is 3.37. The van der Waals surface area contributed by atoms with Gasteiger partial charge in [-0.3, -0.25) is 4.79 Å². The van der Waals surface area contributed by atoms with Gasteiger partial charge in [-0.05, 0) is 19.8 Å². The summed E-state index contributed by atoms with van der Waals surface area (Å²) in [7, 11) is 3.49. The van der Waals surface area contributed by atoms with Crippen LogP contribution in [0, 0.1) is 0 Å². The van der Waals surface area contributed by atoms with Crippen molar-refractivity contribution >= 4 is 35.8 Å². The van der Waals surface area contributed by atoms with Crippen LogP contribution in [-0.2, 0) is 4.79 Å². The predicted molar refractivity (Wildman–Crippen MR) is 99.2 cm³/mol. The first-order valence-electron chi connectivity index (χ1n) is 7.38. The molecule has 1 saturated carbocycles. The maximum absolute atomic E-state index is 11.6. The van der Waals surface area contributed by atoms with Crippen molar-refractivity contribution < 1.29 is 4.79 Å². The van der Waals surface area contributed by atoms with Crippen molar-refractivity contribution in [3.63, 3.8) is 0 Å². The van der Waals surface area contributed by atoms with Crippen LogP contribution in [0.15, 0.2) is 17.1 Å². The van der Waals surface area contributed by atoms with Crippen LogP contribution >= 0.6 is 24.0 Å². The summed E-state index contributed by atoms with van der Waals surface area (Å²) in [4.78, 5) is 17.6. The van der Waals surface area contributed by atoms with Gasteiger partial charge >= 0.3 is 0 Å². The standard InChI is InChI=1S/C15H28N4O.HI/c1-12(2)10-16-15(17-11-14(20)19(3)4)18-13-8-6-5-7-9-13;/h13H,1,5-11H2,2-4H3,(H2,16,17,18);1H. The van der Waals surface area contributed by atoms with E-state index in [-0.39, 0.29) is 36.4 Å². The number of guanidine groups is 1. The number of hydrogen-bond donors (Lipinski definition) is 2. The topological polar surface area (TPSA) is 56.7 Å². The third-order valence-electron chi connectivity index (χ3n) is 3.37. The minimum atomic E-state index is 0. The van der Waals surface area contributed by atoms with E-state index in [0.29, 0.717) is 12.6 Å². The number of aliphatic imine (C=N–C) groups is 1. The molecule has 5 nitrogen and oxygen atoms in total. The van der Waals surface area contributed by atoms with Crippen LogP contribution in [0.2, 0.25) is 0 Å². The van der Waals surface area contributed by atoms with Gasteiger partial charge in [-0.15, -0.1) is 24.0 Å². The van der Waals surface area contributed by atoms with Crippen molar-refractivity contribution in [2.75, 3.05) is 27.2 Å². The zero-order valence-corrected chi connectivity index (χ0v) is 15.8. The van der Waals surface area contributed by atoms with Gasteiger partial charge in [-0.2, -0.15) is 0 Å². The highest BCUT2D eigenvalue weighted by Crippen LogP contribution is 2.17. The van der Waals surface area contributed by atoms with E-state index in [0.717, 1.165) is 11.5 Å². The first-order valence-corrected chi connectivity index (χ1v) is 7.38. The molecule has 0 heterocycles. The lowest BCUT2D eigenvalue weighted by Crippen LogP contribution is -2.45. The Morgan fingerprint density at radius 2 is 1.90 bits per heavy atom. The summed E-state index contributed by atoms with van der Waals surface area (Å²) in [5.74, 6) is 0.722. The van der Waals surface area contributed by atoms with E-state index in [4.69, 9.17) is 0 Å². The van der Waals surface area contributed by atoms with Crippen LogP contribution in [0.3, 0.4) is 0 Å². The Morgan fingerprint density at radius 3 is 2.43 bits per heavy atom. The Labute approximate surface area is 145 Å². The zero-order valence-electron chi connectivity index (χ0n) is 13.4. The van der Waals surface area contributed by atoms with Gasteiger partial charge in [0.2, 0.25) is 5.91 Å². The fraction of sp³-hybridized carbons (Fsp3) is 0.733. The van der Waals surface area contributed by atoms with Crippen molar-refractivity contribution in [1.29, 1.82) is 0 Å². The second kappa shape index (κ2) is 10.9. The molecule has 0 spiro atoms. The van der Waals surface area contributed by atoms with Crippen LogP contribution < -0.4 is 10.6 Å². The Balaban J connectivity index is 0.00000400. The fourth-order valence-corrected chi connectivity index (χ4v) is 2.12. The first-order chi connectivity index (χ1) is 9.49. The molecular weight excluding hydrogens is 379 g/mol. The largest absolute Gasteiger partial charge is 0.354 e. The van der Waals surface area contributed by atoms with Crippen LogP contribution in [0.5, 0.6) is 0 Å². The lowest BCUT2D eigenvalue weighted by atomic mass is 9.96. The van der Waals surface area contributed by atoms with E-state index in [9.17, 15) is 4.79 Å². The van der Waals surface area contributed by atoms with E-state index >= 15 is 0 Å². The summed E-state index contributed by atoms with van der Waals surface area (Å²) in [5.41, 5.74) is 1.04. The molecular formula is C15H29IN4O. The number of nitrogens with zero attached hydrogens (tertiary/aromatic N) is 2. The molecule has 0 bridgehead atoms. The molecule has 2 N–H and O–H groups in total. The minimum Gasteiger partial charge on any atom is -0.354 e. The number of halogens is 1. The molecule has 0 unspecified atom stereocenters. The molecule has 0 saturated heterocycles. The minimum absolute atomic E-state index is 0. The summed E-state index contributed by atoms with van der Waals surface area (Å²) < 4.78 is 0. The number of hydrogen-bond acceptors (Lipinski definition) is 2. The van der Waals surface area contributed by atoms with Gasteiger partial charge in [0.25, 0.3) is 0 Å². The SMILES string of the molecule is C=C(C)CNC(=NCC(=O)N(C)C)NC1CCCCC1.I. The number of amides is 1. The van der Waals surface area contributed by atoms with Gasteiger partial charge in [0.15, 0.2) is 5.96 Å². The van der Waals surface area contributed by atoms with Crippen LogP contribution in [-0.4, -0.2) is 50.0 Å². The van der Waals surface area contributed by atoms with Gasteiger partial charge < -0.3 is 15.5 Å². The van der Waals surface area contributed by atoms with Crippen molar-refractivity contribution in [3.05, 3.63) is 12.2 Å². The van der Waals surface area contributed by atoms with E-state index < -0.39 is 0 Å². The molecule has 21 heavy (non-hydrogen) atoms. The molecule has 1 fully saturated rings. The summed E-state index contributed by atoms with van der Waals surface area (Å²) in [6.45, 7) is 6.69. The summed E-state index contributed by atoms with van der Waals surface area (Å²) >= 11 is 0. The number of carbonyl (C=O) groups is 1. The molecule has 0 radical (unpaired) electrons. The molecule has 0 aromatic rings. The smallest absolute Gasteiger partial charge is 0.243 e. The fourth-order valence-electron chi connectivity index (χ4n) is 2.12. The Bertz CT molecular complexity index is 363. The van der Waals surface area contributed by atoms with Gasteiger partial charge in [0, 0.05) is 26.7 Å². The van der Waals surface area contributed by atoms with Crippen molar-refractivity contribution in [2.24, 2.45) is 4.99 Å². The molecule has 1 amide bonds. The number of nitrogens with one attached hydrogen (secondary N) is 2. The van der Waals surface area contributed by atoms with E-state index in [2.05, 4.69) is 22.2 Å². The molecule has 1 aliphatic rings. The highest BCUT2D eigenvalue weighted by Gasteiger charge is 2.15. The lowest BCUT2D eigenvalue weighted by Gasteiger charge is -2.25. The van der Waals surface area contributed by atoms with E-state index in [1.807, 2.05) is 6.92 Å². The highest BCUT2D eigenvalue weighted by atomic mass is 127. The van der Waals surface area contributed by atoms with Crippen molar-refractivity contribution in [2.45, 2.75) is 45.1 Å². The van der Waals surface area contributed by atoms with Crippen molar-refractivity contribution in [1.82, 2.24) is 15.5 Å². The Kier molecular flexibility index (Phi) is 10.5. The summed E-state index contributed by atoms with van der Waals surface area (Å²) in [6, 6.07) is 0.467. The number of likely N-dealkylation sites (N-methyl/N-ethyl adjacent to an activating group) is 1. The third kappa shape index (κ3) is 8.95. The maximum Gasteiger partial charge on any atom is 0.243 e. The average molecular weight is 408 g/mol. The monoisotopic (exact) mass is 408 g/mol. The zero-order chi connectivity index (χ0) is 15.0. The normalized spacial score (nSPS) is 15.9. The second-order valence-corrected chi connectivity index (χ2v) is 5.74. The molecule has 0 aliphatic heterocycles. The molecule has 1 rings (SSSR count). The van der Waals surface area contributed by atoms with Crippen LogP contribution in [0.25, 0.3) is 0 Å². The Morgan fingerprint density at radius 1 is 1.29 bits per heavy atom. The van der Waals surface area contributed by atoms with Gasteiger partial charge in [0.05, 0.1) is 0 Å². The molecule has 0 atom stereocenters. The highest BCUT2D eigenvalue weighted by molar-refractivity contribution is 14.0. The lowest BCUT2D eigenvalue weighted by molar-refractivity contribution is -0.127.